The highest BCUT2D eigenvalue weighted by Crippen LogP contribution is 2.32. The first-order valence-corrected chi connectivity index (χ1v) is 5.33. The first kappa shape index (κ1) is 10.4. The Hall–Kier alpha value is -1.16. The SMILES string of the molecule is C[C@H](NC(=O)c1cnc(Cl)cn1)C1CC1. The van der Waals surface area contributed by atoms with E-state index in [2.05, 4.69) is 15.3 Å². The van der Waals surface area contributed by atoms with Crippen molar-refractivity contribution in [2.45, 2.75) is 25.8 Å². The molecule has 80 valence electrons. The third kappa shape index (κ3) is 2.65. The highest BCUT2D eigenvalue weighted by molar-refractivity contribution is 6.29. The first-order chi connectivity index (χ1) is 7.16. The van der Waals surface area contributed by atoms with Gasteiger partial charge in [-0.25, -0.2) is 9.97 Å². The summed E-state index contributed by atoms with van der Waals surface area (Å²) >= 11 is 5.58. The number of carbonyl (C=O) groups is 1. The summed E-state index contributed by atoms with van der Waals surface area (Å²) in [4.78, 5) is 19.4. The molecule has 0 bridgehead atoms. The van der Waals surface area contributed by atoms with Gasteiger partial charge in [-0.05, 0) is 25.7 Å². The van der Waals surface area contributed by atoms with Gasteiger partial charge >= 0.3 is 0 Å². The summed E-state index contributed by atoms with van der Waals surface area (Å²) in [6.45, 7) is 2.01. The topological polar surface area (TPSA) is 54.9 Å². The Morgan fingerprint density at radius 1 is 1.53 bits per heavy atom. The Labute approximate surface area is 93.1 Å². The van der Waals surface area contributed by atoms with E-state index in [0.717, 1.165) is 0 Å². The molecule has 0 spiro atoms. The Kier molecular flexibility index (Phi) is 2.86. The van der Waals surface area contributed by atoms with E-state index in [4.69, 9.17) is 11.6 Å². The van der Waals surface area contributed by atoms with E-state index >= 15 is 0 Å². The van der Waals surface area contributed by atoms with Crippen LogP contribution in [0.5, 0.6) is 0 Å². The number of nitrogens with zero attached hydrogens (tertiary/aromatic N) is 2. The third-order valence-electron chi connectivity index (χ3n) is 2.54. The van der Waals surface area contributed by atoms with E-state index < -0.39 is 0 Å². The number of halogens is 1. The molecule has 1 fully saturated rings. The Bertz CT molecular complexity index is 361. The molecule has 5 heteroatoms. The van der Waals surface area contributed by atoms with Crippen LogP contribution in [-0.4, -0.2) is 21.9 Å². The monoisotopic (exact) mass is 225 g/mol. The summed E-state index contributed by atoms with van der Waals surface area (Å²) in [5.41, 5.74) is 0.312. The van der Waals surface area contributed by atoms with Crippen molar-refractivity contribution in [3.05, 3.63) is 23.2 Å². The fourth-order valence-electron chi connectivity index (χ4n) is 1.42. The van der Waals surface area contributed by atoms with Crippen LogP contribution >= 0.6 is 11.6 Å². The zero-order valence-corrected chi connectivity index (χ0v) is 9.16. The van der Waals surface area contributed by atoms with Crippen molar-refractivity contribution in [1.82, 2.24) is 15.3 Å². The van der Waals surface area contributed by atoms with Crippen molar-refractivity contribution in [3.63, 3.8) is 0 Å². The van der Waals surface area contributed by atoms with Crippen molar-refractivity contribution >= 4 is 17.5 Å². The number of aromatic nitrogens is 2. The number of hydrogen-bond acceptors (Lipinski definition) is 3. The quantitative estimate of drug-likeness (QED) is 0.851. The van der Waals surface area contributed by atoms with Crippen molar-refractivity contribution in [1.29, 1.82) is 0 Å². The lowest BCUT2D eigenvalue weighted by Gasteiger charge is -2.11. The van der Waals surface area contributed by atoms with E-state index in [-0.39, 0.29) is 11.9 Å². The zero-order chi connectivity index (χ0) is 10.8. The maximum absolute atomic E-state index is 11.6. The number of nitrogens with one attached hydrogen (secondary N) is 1. The van der Waals surface area contributed by atoms with Gasteiger partial charge in [0, 0.05) is 6.04 Å². The van der Waals surface area contributed by atoms with Gasteiger partial charge in [-0.2, -0.15) is 0 Å². The van der Waals surface area contributed by atoms with Gasteiger partial charge in [0.15, 0.2) is 0 Å². The Morgan fingerprint density at radius 3 is 2.80 bits per heavy atom. The molecule has 0 aromatic carbocycles. The second-order valence-electron chi connectivity index (χ2n) is 3.82. The van der Waals surface area contributed by atoms with Crippen LogP contribution in [0.4, 0.5) is 0 Å². The van der Waals surface area contributed by atoms with E-state index in [0.29, 0.717) is 16.8 Å². The summed E-state index contributed by atoms with van der Waals surface area (Å²) in [6, 6.07) is 0.218. The average Bonchev–Trinajstić information content (AvgIpc) is 3.01. The summed E-state index contributed by atoms with van der Waals surface area (Å²) in [5, 5.41) is 3.19. The highest BCUT2D eigenvalue weighted by Gasteiger charge is 2.29. The first-order valence-electron chi connectivity index (χ1n) is 4.95. The maximum atomic E-state index is 11.6. The van der Waals surface area contributed by atoms with Crippen molar-refractivity contribution in [3.8, 4) is 0 Å². The molecule has 1 atom stereocenters. The molecule has 1 aliphatic rings. The predicted molar refractivity (Wildman–Crippen MR) is 56.7 cm³/mol. The fourth-order valence-corrected chi connectivity index (χ4v) is 1.52. The average molecular weight is 226 g/mol. The van der Waals surface area contributed by atoms with E-state index in [1.165, 1.54) is 25.2 Å². The largest absolute Gasteiger partial charge is 0.348 e. The second-order valence-corrected chi connectivity index (χ2v) is 4.21. The number of hydrogen-bond donors (Lipinski definition) is 1. The van der Waals surface area contributed by atoms with Crippen molar-refractivity contribution in [2.75, 3.05) is 0 Å². The van der Waals surface area contributed by atoms with E-state index in [1.807, 2.05) is 6.92 Å². The molecule has 0 aliphatic heterocycles. The zero-order valence-electron chi connectivity index (χ0n) is 8.40. The van der Waals surface area contributed by atoms with Gasteiger partial charge < -0.3 is 5.32 Å². The van der Waals surface area contributed by atoms with Crippen molar-refractivity contribution < 1.29 is 4.79 Å². The van der Waals surface area contributed by atoms with Gasteiger partial charge in [0.1, 0.15) is 10.8 Å². The molecule has 1 aliphatic carbocycles. The molecule has 1 aromatic heterocycles. The number of amides is 1. The molecule has 0 saturated heterocycles. The fraction of sp³-hybridized carbons (Fsp3) is 0.500. The molecule has 4 nitrogen and oxygen atoms in total. The van der Waals surface area contributed by atoms with Crippen LogP contribution in [0.3, 0.4) is 0 Å². The van der Waals surface area contributed by atoms with Crippen LogP contribution in [0.2, 0.25) is 5.15 Å². The highest BCUT2D eigenvalue weighted by atomic mass is 35.5. The van der Waals surface area contributed by atoms with E-state index in [9.17, 15) is 4.79 Å². The molecule has 2 rings (SSSR count). The molecule has 1 amide bonds. The summed E-state index contributed by atoms with van der Waals surface area (Å²) < 4.78 is 0. The standard InChI is InChI=1S/C10H12ClN3O/c1-6(7-2-3-7)14-10(15)8-4-13-9(11)5-12-8/h4-7H,2-3H2,1H3,(H,14,15)/t6-/m0/s1. The minimum atomic E-state index is -0.182. The molecule has 1 saturated carbocycles. The molecular weight excluding hydrogens is 214 g/mol. The van der Waals surface area contributed by atoms with Gasteiger partial charge in [0.2, 0.25) is 0 Å². The van der Waals surface area contributed by atoms with Crippen LogP contribution in [0.25, 0.3) is 0 Å². The molecule has 1 aromatic rings. The van der Waals surface area contributed by atoms with Crippen LogP contribution < -0.4 is 5.32 Å². The van der Waals surface area contributed by atoms with Gasteiger partial charge in [-0.1, -0.05) is 11.6 Å². The molecule has 1 heterocycles. The normalized spacial score (nSPS) is 17.2. The van der Waals surface area contributed by atoms with Crippen LogP contribution in [-0.2, 0) is 0 Å². The number of rotatable bonds is 3. The van der Waals surface area contributed by atoms with Gasteiger partial charge in [-0.15, -0.1) is 0 Å². The Balaban J connectivity index is 1.97. The van der Waals surface area contributed by atoms with Crippen LogP contribution in [0, 0.1) is 5.92 Å². The van der Waals surface area contributed by atoms with Crippen molar-refractivity contribution in [2.24, 2.45) is 5.92 Å². The summed E-state index contributed by atoms with van der Waals surface area (Å²) in [7, 11) is 0. The minimum Gasteiger partial charge on any atom is -0.348 e. The molecule has 1 N–H and O–H groups in total. The number of carbonyl (C=O) groups excluding carboxylic acids is 1. The van der Waals surface area contributed by atoms with Gasteiger partial charge in [0.05, 0.1) is 12.4 Å². The lowest BCUT2D eigenvalue weighted by molar-refractivity contribution is 0.0930. The summed E-state index contributed by atoms with van der Waals surface area (Å²) in [6.07, 6.45) is 5.16. The second kappa shape index (κ2) is 4.14. The lowest BCUT2D eigenvalue weighted by atomic mass is 10.2. The molecule has 15 heavy (non-hydrogen) atoms. The Morgan fingerprint density at radius 2 is 2.27 bits per heavy atom. The smallest absolute Gasteiger partial charge is 0.271 e. The molecule has 0 radical (unpaired) electrons. The summed E-state index contributed by atoms with van der Waals surface area (Å²) in [5.74, 6) is 0.452. The third-order valence-corrected chi connectivity index (χ3v) is 2.74. The lowest BCUT2D eigenvalue weighted by Crippen LogP contribution is -2.34. The minimum absolute atomic E-state index is 0.182. The van der Waals surface area contributed by atoms with Gasteiger partial charge in [-0.3, -0.25) is 4.79 Å². The van der Waals surface area contributed by atoms with Gasteiger partial charge in [0.25, 0.3) is 5.91 Å². The molecular formula is C10H12ClN3O. The maximum Gasteiger partial charge on any atom is 0.271 e. The van der Waals surface area contributed by atoms with Crippen LogP contribution in [0.15, 0.2) is 12.4 Å². The van der Waals surface area contributed by atoms with Crippen LogP contribution in [0.1, 0.15) is 30.3 Å². The van der Waals surface area contributed by atoms with E-state index in [1.54, 1.807) is 0 Å². The predicted octanol–water partition coefficient (Wildman–Crippen LogP) is 1.66. The molecule has 0 unspecified atom stereocenters.